The van der Waals surface area contributed by atoms with Crippen molar-refractivity contribution in [3.63, 3.8) is 0 Å². The summed E-state index contributed by atoms with van der Waals surface area (Å²) in [7, 11) is 0. The molecule has 1 atom stereocenters. The van der Waals surface area contributed by atoms with Gasteiger partial charge >= 0.3 is 5.97 Å². The Balaban J connectivity index is 1.99. The van der Waals surface area contributed by atoms with Gasteiger partial charge in [-0.25, -0.2) is 4.98 Å². The molecule has 6 heteroatoms. The van der Waals surface area contributed by atoms with E-state index in [-0.39, 0.29) is 5.91 Å². The largest absolute Gasteiger partial charge is 0.481 e. The zero-order chi connectivity index (χ0) is 15.4. The molecular weight excluding hydrogens is 270 g/mol. The third-order valence-corrected chi connectivity index (χ3v) is 3.12. The summed E-state index contributed by atoms with van der Waals surface area (Å²) in [4.78, 5) is 29.6. The van der Waals surface area contributed by atoms with Crippen molar-refractivity contribution >= 4 is 17.6 Å². The first-order chi connectivity index (χ1) is 9.95. The van der Waals surface area contributed by atoms with Gasteiger partial charge in [0.2, 0.25) is 0 Å². The fraction of sp³-hybridized carbons (Fsp3) is 0.267. The molecule has 6 nitrogen and oxygen atoms in total. The second kappa shape index (κ2) is 6.21. The van der Waals surface area contributed by atoms with Crippen molar-refractivity contribution in [3.05, 3.63) is 47.5 Å². The number of rotatable bonds is 5. The second-order valence-corrected chi connectivity index (χ2v) is 4.98. The number of nitrogens with one attached hydrogen (secondary N) is 2. The summed E-state index contributed by atoms with van der Waals surface area (Å²) >= 11 is 0. The Bertz CT molecular complexity index is 646. The molecule has 1 aromatic carbocycles. The summed E-state index contributed by atoms with van der Waals surface area (Å²) in [5, 5.41) is 11.6. The van der Waals surface area contributed by atoms with Gasteiger partial charge in [0.25, 0.3) is 5.91 Å². The number of carbonyl (C=O) groups is 2. The van der Waals surface area contributed by atoms with Crippen molar-refractivity contribution < 1.29 is 14.7 Å². The van der Waals surface area contributed by atoms with Crippen LogP contribution < -0.4 is 5.32 Å². The number of nitrogens with zero attached hydrogens (tertiary/aromatic N) is 1. The number of aromatic amines is 1. The van der Waals surface area contributed by atoms with Crippen molar-refractivity contribution in [2.75, 3.05) is 5.32 Å². The minimum atomic E-state index is -0.818. The van der Waals surface area contributed by atoms with Gasteiger partial charge in [-0.2, -0.15) is 0 Å². The molecule has 2 rings (SSSR count). The smallest absolute Gasteiger partial charge is 0.306 e. The molecule has 0 aliphatic heterocycles. The van der Waals surface area contributed by atoms with E-state index in [0.717, 1.165) is 5.56 Å². The van der Waals surface area contributed by atoms with Crippen LogP contribution in [0.4, 0.5) is 5.69 Å². The zero-order valence-electron chi connectivity index (χ0n) is 11.9. The number of anilines is 1. The Morgan fingerprint density at radius 1 is 1.33 bits per heavy atom. The maximum absolute atomic E-state index is 11.9. The van der Waals surface area contributed by atoms with Gasteiger partial charge in [0.05, 0.1) is 12.1 Å². The van der Waals surface area contributed by atoms with E-state index >= 15 is 0 Å². The van der Waals surface area contributed by atoms with Gasteiger partial charge in [0.15, 0.2) is 0 Å². The van der Waals surface area contributed by atoms with Crippen molar-refractivity contribution in [2.24, 2.45) is 5.92 Å². The SMILES string of the molecule is Cc1ncc(C(=O)Nc2ccc(CC(C)C(=O)O)cc2)[nH]1. The number of amides is 1. The molecule has 3 N–H and O–H groups in total. The summed E-state index contributed by atoms with van der Waals surface area (Å²) in [6.07, 6.45) is 1.94. The Hall–Kier alpha value is -2.63. The molecule has 0 saturated heterocycles. The minimum absolute atomic E-state index is 0.262. The van der Waals surface area contributed by atoms with Crippen LogP contribution in [-0.2, 0) is 11.2 Å². The first kappa shape index (κ1) is 14.8. The number of aromatic nitrogens is 2. The van der Waals surface area contributed by atoms with Crippen LogP contribution in [-0.4, -0.2) is 27.0 Å². The van der Waals surface area contributed by atoms with Gasteiger partial charge in [-0.05, 0) is 31.0 Å². The van der Waals surface area contributed by atoms with Crippen LogP contribution in [0, 0.1) is 12.8 Å². The van der Waals surface area contributed by atoms with Gasteiger partial charge in [-0.1, -0.05) is 19.1 Å². The first-order valence-corrected chi connectivity index (χ1v) is 6.60. The lowest BCUT2D eigenvalue weighted by molar-refractivity contribution is -0.141. The predicted molar refractivity (Wildman–Crippen MR) is 78.2 cm³/mol. The van der Waals surface area contributed by atoms with E-state index in [2.05, 4.69) is 15.3 Å². The molecule has 2 aromatic rings. The van der Waals surface area contributed by atoms with Crippen LogP contribution in [0.2, 0.25) is 0 Å². The number of imidazole rings is 1. The van der Waals surface area contributed by atoms with Crippen LogP contribution in [0.5, 0.6) is 0 Å². The lowest BCUT2D eigenvalue weighted by Crippen LogP contribution is -2.13. The molecular formula is C15H17N3O3. The van der Waals surface area contributed by atoms with Crippen LogP contribution >= 0.6 is 0 Å². The molecule has 0 bridgehead atoms. The molecule has 0 spiro atoms. The molecule has 21 heavy (non-hydrogen) atoms. The predicted octanol–water partition coefficient (Wildman–Crippen LogP) is 2.23. The Morgan fingerprint density at radius 3 is 2.52 bits per heavy atom. The van der Waals surface area contributed by atoms with Crippen LogP contribution in [0.25, 0.3) is 0 Å². The minimum Gasteiger partial charge on any atom is -0.481 e. The van der Waals surface area contributed by atoms with Gasteiger partial charge in [-0.3, -0.25) is 9.59 Å². The average Bonchev–Trinajstić information content (AvgIpc) is 2.87. The number of aryl methyl sites for hydroxylation is 1. The van der Waals surface area contributed by atoms with Gasteiger partial charge in [-0.15, -0.1) is 0 Å². The molecule has 0 fully saturated rings. The molecule has 1 amide bonds. The monoisotopic (exact) mass is 287 g/mol. The Morgan fingerprint density at radius 2 is 2.00 bits per heavy atom. The number of carboxylic acids is 1. The number of carboxylic acid groups (broad SMARTS) is 1. The normalized spacial score (nSPS) is 11.9. The maximum atomic E-state index is 11.9. The fourth-order valence-electron chi connectivity index (χ4n) is 1.90. The Labute approximate surface area is 122 Å². The topological polar surface area (TPSA) is 95.1 Å². The summed E-state index contributed by atoms with van der Waals surface area (Å²) in [5.74, 6) is -0.833. The van der Waals surface area contributed by atoms with Crippen molar-refractivity contribution in [3.8, 4) is 0 Å². The quantitative estimate of drug-likeness (QED) is 0.786. The molecule has 1 unspecified atom stereocenters. The highest BCUT2D eigenvalue weighted by Gasteiger charge is 2.12. The van der Waals surface area contributed by atoms with Gasteiger partial charge in [0, 0.05) is 5.69 Å². The Kier molecular flexibility index (Phi) is 4.37. The van der Waals surface area contributed by atoms with Crippen LogP contribution in [0.15, 0.2) is 30.5 Å². The molecule has 110 valence electrons. The van der Waals surface area contributed by atoms with Crippen molar-refractivity contribution in [1.29, 1.82) is 0 Å². The molecule has 0 aliphatic rings. The van der Waals surface area contributed by atoms with Crippen molar-refractivity contribution in [2.45, 2.75) is 20.3 Å². The highest BCUT2D eigenvalue weighted by Crippen LogP contribution is 2.14. The number of aliphatic carboxylic acids is 1. The molecule has 0 saturated carbocycles. The van der Waals surface area contributed by atoms with E-state index in [1.54, 1.807) is 26.0 Å². The zero-order valence-corrected chi connectivity index (χ0v) is 11.9. The summed E-state index contributed by atoms with van der Waals surface area (Å²) in [5.41, 5.74) is 1.97. The van der Waals surface area contributed by atoms with Gasteiger partial charge in [0.1, 0.15) is 11.5 Å². The van der Waals surface area contributed by atoms with Crippen molar-refractivity contribution in [1.82, 2.24) is 9.97 Å². The first-order valence-electron chi connectivity index (χ1n) is 6.60. The van der Waals surface area contributed by atoms with E-state index in [0.29, 0.717) is 23.6 Å². The number of hydrogen-bond acceptors (Lipinski definition) is 3. The number of benzene rings is 1. The highest BCUT2D eigenvalue weighted by atomic mass is 16.4. The summed E-state index contributed by atoms with van der Waals surface area (Å²) < 4.78 is 0. The molecule has 0 aliphatic carbocycles. The van der Waals surface area contributed by atoms with Crippen LogP contribution in [0.3, 0.4) is 0 Å². The molecule has 1 heterocycles. The average molecular weight is 287 g/mol. The number of hydrogen-bond donors (Lipinski definition) is 3. The second-order valence-electron chi connectivity index (χ2n) is 4.98. The van der Waals surface area contributed by atoms with E-state index < -0.39 is 11.9 Å². The fourth-order valence-corrected chi connectivity index (χ4v) is 1.90. The third-order valence-electron chi connectivity index (χ3n) is 3.12. The van der Waals surface area contributed by atoms with E-state index in [1.807, 2.05) is 12.1 Å². The highest BCUT2D eigenvalue weighted by molar-refractivity contribution is 6.02. The summed E-state index contributed by atoms with van der Waals surface area (Å²) in [6, 6.07) is 7.14. The van der Waals surface area contributed by atoms with E-state index in [4.69, 9.17) is 5.11 Å². The van der Waals surface area contributed by atoms with Gasteiger partial charge < -0.3 is 15.4 Å². The third kappa shape index (κ3) is 3.92. The molecule has 0 radical (unpaired) electrons. The number of H-pyrrole nitrogens is 1. The van der Waals surface area contributed by atoms with E-state index in [1.165, 1.54) is 6.20 Å². The lowest BCUT2D eigenvalue weighted by atomic mass is 10.0. The van der Waals surface area contributed by atoms with Crippen LogP contribution in [0.1, 0.15) is 28.8 Å². The lowest BCUT2D eigenvalue weighted by Gasteiger charge is -2.08. The van der Waals surface area contributed by atoms with E-state index in [9.17, 15) is 9.59 Å². The maximum Gasteiger partial charge on any atom is 0.306 e. The molecule has 1 aromatic heterocycles. The standard InChI is InChI=1S/C15H17N3O3/c1-9(15(20)21)7-11-3-5-12(6-4-11)18-14(19)13-8-16-10(2)17-13/h3-6,8-9H,7H2,1-2H3,(H,16,17)(H,18,19)(H,20,21). The summed E-state index contributed by atoms with van der Waals surface area (Å²) in [6.45, 7) is 3.44. The number of carbonyl (C=O) groups excluding carboxylic acids is 1.